The fourth-order valence-electron chi connectivity index (χ4n) is 1.23. The molecule has 0 saturated carbocycles. The summed E-state index contributed by atoms with van der Waals surface area (Å²) in [7, 11) is 0. The number of hydrogen-bond acceptors (Lipinski definition) is 2. The zero-order valence-electron chi connectivity index (χ0n) is 10.4. The van der Waals surface area contributed by atoms with Gasteiger partial charge in [0.1, 0.15) is 0 Å². The maximum atomic E-state index is 12.0. The van der Waals surface area contributed by atoms with E-state index in [1.807, 2.05) is 45.9 Å². The van der Waals surface area contributed by atoms with Crippen LogP contribution in [0.2, 0.25) is 0 Å². The highest BCUT2D eigenvalue weighted by atomic mass is 16.2. The molecule has 3 nitrogen and oxygen atoms in total. The third-order valence-electron chi connectivity index (χ3n) is 2.96. The minimum atomic E-state index is -0.365. The summed E-state index contributed by atoms with van der Waals surface area (Å²) in [4.78, 5) is 12.0. The second-order valence-corrected chi connectivity index (χ2v) is 4.78. The quantitative estimate of drug-likeness (QED) is 0.769. The van der Waals surface area contributed by atoms with Crippen molar-refractivity contribution < 1.29 is 4.79 Å². The van der Waals surface area contributed by atoms with Gasteiger partial charge in [0.25, 0.3) is 0 Å². The van der Waals surface area contributed by atoms with Crippen LogP contribution in [0.25, 0.3) is 0 Å². The molecule has 0 spiro atoms. The number of hydrogen-bond donors (Lipinski definition) is 2. The van der Waals surface area contributed by atoms with Crippen molar-refractivity contribution in [2.45, 2.75) is 34.1 Å². The van der Waals surface area contributed by atoms with Crippen LogP contribution in [0.15, 0.2) is 18.2 Å². The number of nitrogen functional groups attached to an aromatic ring is 1. The number of nitrogens with two attached hydrogens (primary N) is 1. The number of benzene rings is 1. The molecule has 1 aromatic carbocycles. The van der Waals surface area contributed by atoms with Crippen molar-refractivity contribution in [2.75, 3.05) is 11.1 Å². The molecule has 3 N–H and O–H groups in total. The summed E-state index contributed by atoms with van der Waals surface area (Å²) >= 11 is 0. The Morgan fingerprint density at radius 2 is 2.06 bits per heavy atom. The van der Waals surface area contributed by atoms with Gasteiger partial charge in [-0.3, -0.25) is 4.79 Å². The molecular weight excluding hydrogens is 200 g/mol. The van der Waals surface area contributed by atoms with E-state index >= 15 is 0 Å². The number of carbonyl (C=O) groups excluding carboxylic acids is 1. The molecule has 1 amide bonds. The monoisotopic (exact) mass is 220 g/mol. The molecule has 0 heterocycles. The van der Waals surface area contributed by atoms with E-state index < -0.39 is 0 Å². The van der Waals surface area contributed by atoms with Crippen molar-refractivity contribution in [3.8, 4) is 0 Å². The van der Waals surface area contributed by atoms with Crippen LogP contribution in [0.4, 0.5) is 11.4 Å². The molecule has 1 rings (SSSR count). The number of nitrogens with one attached hydrogen (secondary N) is 1. The van der Waals surface area contributed by atoms with Crippen LogP contribution >= 0.6 is 0 Å². The minimum Gasteiger partial charge on any atom is -0.397 e. The summed E-state index contributed by atoms with van der Waals surface area (Å²) in [6.45, 7) is 7.82. The van der Waals surface area contributed by atoms with E-state index in [4.69, 9.17) is 5.73 Å². The zero-order valence-corrected chi connectivity index (χ0v) is 10.4. The molecule has 0 saturated heterocycles. The maximum Gasteiger partial charge on any atom is 0.230 e. The molecule has 0 bridgehead atoms. The number of amides is 1. The molecule has 0 fully saturated rings. The van der Waals surface area contributed by atoms with Crippen LogP contribution in [0.1, 0.15) is 32.8 Å². The Morgan fingerprint density at radius 3 is 2.62 bits per heavy atom. The molecule has 3 heteroatoms. The lowest BCUT2D eigenvalue weighted by Gasteiger charge is -2.22. The van der Waals surface area contributed by atoms with E-state index in [0.717, 1.165) is 12.0 Å². The second-order valence-electron chi connectivity index (χ2n) is 4.78. The van der Waals surface area contributed by atoms with Gasteiger partial charge in [-0.05, 0) is 31.0 Å². The molecule has 88 valence electrons. The van der Waals surface area contributed by atoms with Gasteiger partial charge < -0.3 is 11.1 Å². The van der Waals surface area contributed by atoms with Crippen molar-refractivity contribution in [3.63, 3.8) is 0 Å². The molecular formula is C13H20N2O. The standard InChI is InChI=1S/C13H20N2O/c1-5-13(3,4)12(16)15-11-8-9(2)6-7-10(11)14/h6-8H,5,14H2,1-4H3,(H,15,16). The van der Waals surface area contributed by atoms with Gasteiger partial charge in [0, 0.05) is 5.41 Å². The lowest BCUT2D eigenvalue weighted by atomic mass is 9.89. The topological polar surface area (TPSA) is 55.1 Å². The van der Waals surface area contributed by atoms with Crippen LogP contribution in [-0.2, 0) is 4.79 Å². The summed E-state index contributed by atoms with van der Waals surface area (Å²) in [5, 5.41) is 2.88. The summed E-state index contributed by atoms with van der Waals surface area (Å²) < 4.78 is 0. The lowest BCUT2D eigenvalue weighted by molar-refractivity contribution is -0.124. The normalized spacial score (nSPS) is 11.2. The predicted octanol–water partition coefficient (Wildman–Crippen LogP) is 2.95. The zero-order chi connectivity index (χ0) is 12.3. The Labute approximate surface area is 97.0 Å². The molecule has 0 aliphatic rings. The van der Waals surface area contributed by atoms with Gasteiger partial charge in [-0.25, -0.2) is 0 Å². The highest BCUT2D eigenvalue weighted by Crippen LogP contribution is 2.25. The summed E-state index contributed by atoms with van der Waals surface area (Å²) in [6.07, 6.45) is 0.796. The molecule has 0 aliphatic carbocycles. The highest BCUT2D eigenvalue weighted by Gasteiger charge is 2.25. The first-order chi connectivity index (χ1) is 7.36. The summed E-state index contributed by atoms with van der Waals surface area (Å²) in [5.74, 6) is 0.00676. The third kappa shape index (κ3) is 2.75. The van der Waals surface area contributed by atoms with Gasteiger partial charge in [0.2, 0.25) is 5.91 Å². The largest absolute Gasteiger partial charge is 0.397 e. The average molecular weight is 220 g/mol. The van der Waals surface area contributed by atoms with E-state index in [2.05, 4.69) is 5.32 Å². The van der Waals surface area contributed by atoms with E-state index in [9.17, 15) is 4.79 Å². The van der Waals surface area contributed by atoms with Gasteiger partial charge >= 0.3 is 0 Å². The summed E-state index contributed by atoms with van der Waals surface area (Å²) in [6, 6.07) is 5.62. The molecule has 1 aromatic rings. The van der Waals surface area contributed by atoms with E-state index in [1.54, 1.807) is 0 Å². The molecule has 0 unspecified atom stereocenters. The Bertz CT molecular complexity index is 397. The van der Waals surface area contributed by atoms with Gasteiger partial charge in [-0.2, -0.15) is 0 Å². The number of carbonyl (C=O) groups is 1. The first kappa shape index (κ1) is 12.6. The van der Waals surface area contributed by atoms with Crippen molar-refractivity contribution >= 4 is 17.3 Å². The first-order valence-electron chi connectivity index (χ1n) is 5.54. The summed E-state index contributed by atoms with van der Waals surface area (Å²) in [5.41, 5.74) is 7.83. The fraction of sp³-hybridized carbons (Fsp3) is 0.462. The van der Waals surface area contributed by atoms with Crippen molar-refractivity contribution in [2.24, 2.45) is 5.41 Å². The van der Waals surface area contributed by atoms with E-state index in [0.29, 0.717) is 11.4 Å². The van der Waals surface area contributed by atoms with Gasteiger partial charge in [0.15, 0.2) is 0 Å². The van der Waals surface area contributed by atoms with Crippen LogP contribution in [0.3, 0.4) is 0 Å². The van der Waals surface area contributed by atoms with Gasteiger partial charge in [0.05, 0.1) is 11.4 Å². The second kappa shape index (κ2) is 4.56. The van der Waals surface area contributed by atoms with Crippen LogP contribution in [0.5, 0.6) is 0 Å². The third-order valence-corrected chi connectivity index (χ3v) is 2.96. The smallest absolute Gasteiger partial charge is 0.230 e. The van der Waals surface area contributed by atoms with Gasteiger partial charge in [-0.15, -0.1) is 0 Å². The lowest BCUT2D eigenvalue weighted by Crippen LogP contribution is -2.30. The minimum absolute atomic E-state index is 0.00676. The number of anilines is 2. The van der Waals surface area contributed by atoms with Crippen LogP contribution in [-0.4, -0.2) is 5.91 Å². The SMILES string of the molecule is CCC(C)(C)C(=O)Nc1cc(C)ccc1N. The Kier molecular flexibility index (Phi) is 3.58. The molecule has 0 radical (unpaired) electrons. The van der Waals surface area contributed by atoms with Crippen LogP contribution < -0.4 is 11.1 Å². The average Bonchev–Trinajstić information content (AvgIpc) is 2.23. The van der Waals surface area contributed by atoms with E-state index in [-0.39, 0.29) is 11.3 Å². The van der Waals surface area contributed by atoms with Crippen LogP contribution in [0, 0.1) is 12.3 Å². The molecule has 0 atom stereocenters. The molecule has 0 aliphatic heterocycles. The fourth-order valence-corrected chi connectivity index (χ4v) is 1.23. The molecule has 0 aromatic heterocycles. The Morgan fingerprint density at radius 1 is 1.44 bits per heavy atom. The number of aryl methyl sites for hydroxylation is 1. The highest BCUT2D eigenvalue weighted by molar-refractivity contribution is 5.97. The number of rotatable bonds is 3. The van der Waals surface area contributed by atoms with Crippen molar-refractivity contribution in [3.05, 3.63) is 23.8 Å². The Hall–Kier alpha value is -1.51. The maximum absolute atomic E-state index is 12.0. The van der Waals surface area contributed by atoms with E-state index in [1.165, 1.54) is 0 Å². The first-order valence-corrected chi connectivity index (χ1v) is 5.54. The van der Waals surface area contributed by atoms with Crippen molar-refractivity contribution in [1.29, 1.82) is 0 Å². The van der Waals surface area contributed by atoms with Crippen molar-refractivity contribution in [1.82, 2.24) is 0 Å². The predicted molar refractivity (Wildman–Crippen MR) is 68.3 cm³/mol. The molecule has 16 heavy (non-hydrogen) atoms. The Balaban J connectivity index is 2.89. The van der Waals surface area contributed by atoms with Gasteiger partial charge in [-0.1, -0.05) is 26.8 Å².